The number of ether oxygens (including phenoxy) is 2. The van der Waals surface area contributed by atoms with Gasteiger partial charge in [0.25, 0.3) is 0 Å². The molecule has 3 heterocycles. The SMILES string of the molecule is NCC1COC(CC(=O)N2CC(Oc3ccc4c(c3C(=O)O)O[B-](O)(O)C3CC43)C2)CN1. The number of hydrogen-bond donors (Lipinski definition) is 5. The fourth-order valence-corrected chi connectivity index (χ4v) is 4.78. The zero-order valence-electron chi connectivity index (χ0n) is 17.5. The molecule has 4 unspecified atom stereocenters. The van der Waals surface area contributed by atoms with Gasteiger partial charge in [-0.05, 0) is 17.5 Å². The molecule has 2 saturated heterocycles. The number of fused-ring (bicyclic) bond motifs is 3. The predicted octanol–water partition coefficient (Wildman–Crippen LogP) is -1.15. The lowest BCUT2D eigenvalue weighted by molar-refractivity contribution is -0.143. The normalized spacial score (nSPS) is 30.4. The van der Waals surface area contributed by atoms with Crippen LogP contribution in [-0.2, 0) is 9.53 Å². The lowest BCUT2D eigenvalue weighted by Gasteiger charge is -2.41. The fraction of sp³-hybridized carbons (Fsp3) is 0.600. The molecule has 3 fully saturated rings. The molecule has 1 aromatic carbocycles. The molecule has 1 aromatic rings. The van der Waals surface area contributed by atoms with Crippen molar-refractivity contribution in [2.24, 2.45) is 5.73 Å². The molecule has 0 bridgehead atoms. The van der Waals surface area contributed by atoms with Gasteiger partial charge < -0.3 is 45.2 Å². The topological polar surface area (TPSA) is 164 Å². The molecule has 1 saturated carbocycles. The van der Waals surface area contributed by atoms with Crippen LogP contribution in [0.4, 0.5) is 0 Å². The van der Waals surface area contributed by atoms with Crippen LogP contribution in [0.15, 0.2) is 12.1 Å². The molecule has 4 aliphatic rings. The monoisotopic (exact) mass is 448 g/mol. The number of benzene rings is 1. The Kier molecular flexibility index (Phi) is 5.29. The van der Waals surface area contributed by atoms with Gasteiger partial charge in [-0.15, -0.1) is 0 Å². The maximum absolute atomic E-state index is 12.5. The molecule has 12 heteroatoms. The van der Waals surface area contributed by atoms with Gasteiger partial charge in [0.05, 0.1) is 38.0 Å². The third kappa shape index (κ3) is 3.82. The van der Waals surface area contributed by atoms with Gasteiger partial charge in [0, 0.05) is 19.1 Å². The first-order valence-corrected chi connectivity index (χ1v) is 10.9. The number of rotatable bonds is 6. The van der Waals surface area contributed by atoms with Gasteiger partial charge in [0.15, 0.2) is 0 Å². The van der Waals surface area contributed by atoms with E-state index in [1.807, 2.05) is 0 Å². The highest BCUT2D eigenvalue weighted by atomic mass is 16.6. The third-order valence-corrected chi connectivity index (χ3v) is 6.80. The van der Waals surface area contributed by atoms with Crippen molar-refractivity contribution in [3.8, 4) is 11.5 Å². The van der Waals surface area contributed by atoms with E-state index < -0.39 is 18.5 Å². The maximum Gasteiger partial charge on any atom is 0.434 e. The Bertz CT molecular complexity index is 930. The minimum atomic E-state index is -3.09. The molecular weight excluding hydrogens is 421 g/mol. The second-order valence-electron chi connectivity index (χ2n) is 9.09. The Morgan fingerprint density at radius 1 is 1.31 bits per heavy atom. The molecular formula is C20H27BN3O8-. The molecule has 5 rings (SSSR count). The highest BCUT2D eigenvalue weighted by molar-refractivity contribution is 6.62. The minimum Gasteiger partial charge on any atom is -0.669 e. The van der Waals surface area contributed by atoms with Gasteiger partial charge in [-0.1, -0.05) is 18.3 Å². The van der Waals surface area contributed by atoms with Crippen molar-refractivity contribution >= 4 is 18.6 Å². The van der Waals surface area contributed by atoms with Crippen molar-refractivity contribution in [1.82, 2.24) is 10.2 Å². The first kappa shape index (κ1) is 21.5. The van der Waals surface area contributed by atoms with E-state index in [1.54, 1.807) is 17.0 Å². The molecule has 0 aromatic heterocycles. The number of nitrogens with two attached hydrogens (primary N) is 1. The van der Waals surface area contributed by atoms with Crippen LogP contribution in [-0.4, -0.2) is 89.7 Å². The van der Waals surface area contributed by atoms with Crippen LogP contribution in [0.5, 0.6) is 11.5 Å². The predicted molar refractivity (Wildman–Crippen MR) is 112 cm³/mol. The van der Waals surface area contributed by atoms with Gasteiger partial charge >= 0.3 is 12.7 Å². The number of likely N-dealkylation sites (tertiary alicyclic amines) is 1. The van der Waals surface area contributed by atoms with Gasteiger partial charge in [0.2, 0.25) is 5.91 Å². The van der Waals surface area contributed by atoms with Crippen molar-refractivity contribution in [3.63, 3.8) is 0 Å². The number of carbonyl (C=O) groups is 2. The number of morpholine rings is 1. The standard InChI is InChI=1S/C20H27BN3O8/c22-5-10-9-30-11(6-23-10)3-17(25)24-7-12(8-24)31-16-2-1-13-14-4-15(14)21(28,29)32-19(13)18(16)20(26)27/h1-2,10-12,14-15,23,28-29H,3-9,22H2,(H,26,27)/q-1. The Morgan fingerprint density at radius 2 is 2.09 bits per heavy atom. The molecule has 1 amide bonds. The van der Waals surface area contributed by atoms with Crippen LogP contribution in [0.1, 0.15) is 34.7 Å². The van der Waals surface area contributed by atoms with Crippen LogP contribution in [0.2, 0.25) is 5.82 Å². The number of nitrogens with zero attached hydrogens (tertiary/aromatic N) is 1. The van der Waals surface area contributed by atoms with E-state index in [4.69, 9.17) is 19.9 Å². The van der Waals surface area contributed by atoms with Crippen LogP contribution in [0.25, 0.3) is 0 Å². The molecule has 174 valence electrons. The fourth-order valence-electron chi connectivity index (χ4n) is 4.78. The van der Waals surface area contributed by atoms with Gasteiger partial charge in [-0.2, -0.15) is 0 Å². The zero-order valence-corrected chi connectivity index (χ0v) is 17.5. The summed E-state index contributed by atoms with van der Waals surface area (Å²) >= 11 is 0. The number of aromatic carboxylic acids is 1. The third-order valence-electron chi connectivity index (χ3n) is 6.80. The molecule has 32 heavy (non-hydrogen) atoms. The second-order valence-corrected chi connectivity index (χ2v) is 9.09. The summed E-state index contributed by atoms with van der Waals surface area (Å²) in [6, 6.07) is 3.41. The van der Waals surface area contributed by atoms with E-state index in [0.29, 0.717) is 44.8 Å². The summed E-state index contributed by atoms with van der Waals surface area (Å²) in [4.78, 5) is 26.1. The summed E-state index contributed by atoms with van der Waals surface area (Å²) in [6.07, 6.45) is 0.237. The van der Waals surface area contributed by atoms with E-state index in [2.05, 4.69) is 5.32 Å². The van der Waals surface area contributed by atoms with Crippen LogP contribution < -0.4 is 20.4 Å². The summed E-state index contributed by atoms with van der Waals surface area (Å²) < 4.78 is 16.9. The number of carbonyl (C=O) groups excluding carboxylic acids is 1. The lowest BCUT2D eigenvalue weighted by Crippen LogP contribution is -2.58. The summed E-state index contributed by atoms with van der Waals surface area (Å²) in [5.74, 6) is -1.79. The van der Waals surface area contributed by atoms with Crippen molar-refractivity contribution in [3.05, 3.63) is 23.3 Å². The Labute approximate surface area is 184 Å². The highest BCUT2D eigenvalue weighted by Gasteiger charge is 2.55. The molecule has 3 aliphatic heterocycles. The number of amides is 1. The first-order valence-electron chi connectivity index (χ1n) is 10.9. The molecule has 0 radical (unpaired) electrons. The van der Waals surface area contributed by atoms with Crippen LogP contribution >= 0.6 is 0 Å². The first-order chi connectivity index (χ1) is 15.3. The lowest BCUT2D eigenvalue weighted by atomic mass is 9.68. The highest BCUT2D eigenvalue weighted by Crippen LogP contribution is 2.63. The summed E-state index contributed by atoms with van der Waals surface area (Å²) in [7, 11) is 0. The number of carboxylic acid groups (broad SMARTS) is 1. The van der Waals surface area contributed by atoms with Crippen molar-refractivity contribution in [2.75, 3.05) is 32.8 Å². The average molecular weight is 448 g/mol. The van der Waals surface area contributed by atoms with Crippen LogP contribution in [0.3, 0.4) is 0 Å². The molecule has 6 N–H and O–H groups in total. The van der Waals surface area contributed by atoms with Gasteiger partial charge in [-0.3, -0.25) is 4.79 Å². The van der Waals surface area contributed by atoms with Gasteiger partial charge in [-0.25, -0.2) is 4.79 Å². The Balaban J connectivity index is 1.20. The van der Waals surface area contributed by atoms with Crippen LogP contribution in [0, 0.1) is 0 Å². The number of nitrogens with one attached hydrogen (secondary N) is 1. The number of carboxylic acids is 1. The molecule has 1 aliphatic carbocycles. The number of hydrogen-bond acceptors (Lipinski definition) is 9. The quantitative estimate of drug-likeness (QED) is 0.336. The largest absolute Gasteiger partial charge is 0.669 e. The van der Waals surface area contributed by atoms with E-state index in [-0.39, 0.29) is 53.6 Å². The van der Waals surface area contributed by atoms with E-state index >= 15 is 0 Å². The Hall–Kier alpha value is -2.38. The summed E-state index contributed by atoms with van der Waals surface area (Å²) in [5, 5.41) is 33.2. The van der Waals surface area contributed by atoms with E-state index in [1.165, 1.54) is 0 Å². The minimum absolute atomic E-state index is 0.0382. The smallest absolute Gasteiger partial charge is 0.434 e. The molecule has 11 nitrogen and oxygen atoms in total. The summed E-state index contributed by atoms with van der Waals surface area (Å²) in [6.45, 7) is -0.898. The van der Waals surface area contributed by atoms with E-state index in [0.717, 1.165) is 0 Å². The molecule has 4 atom stereocenters. The Morgan fingerprint density at radius 3 is 2.75 bits per heavy atom. The van der Waals surface area contributed by atoms with Crippen molar-refractivity contribution < 1.29 is 38.9 Å². The zero-order chi connectivity index (χ0) is 22.6. The maximum atomic E-state index is 12.5. The van der Waals surface area contributed by atoms with Crippen molar-refractivity contribution in [2.45, 2.75) is 42.8 Å². The second kappa shape index (κ2) is 7.89. The average Bonchev–Trinajstić information content (AvgIpc) is 3.52. The van der Waals surface area contributed by atoms with Crippen molar-refractivity contribution in [1.29, 1.82) is 0 Å². The molecule has 0 spiro atoms. The summed E-state index contributed by atoms with van der Waals surface area (Å²) in [5.41, 5.74) is 6.03. The van der Waals surface area contributed by atoms with Gasteiger partial charge in [0.1, 0.15) is 17.4 Å². The van der Waals surface area contributed by atoms with E-state index in [9.17, 15) is 24.7 Å².